The first-order chi connectivity index (χ1) is 8.40. The fourth-order valence-corrected chi connectivity index (χ4v) is 2.24. The summed E-state index contributed by atoms with van der Waals surface area (Å²) >= 11 is 11.4. The normalized spacial score (nSPS) is 14.0. The summed E-state index contributed by atoms with van der Waals surface area (Å²) in [6.45, 7) is 1.83. The van der Waals surface area contributed by atoms with E-state index in [1.165, 1.54) is 6.07 Å². The summed E-state index contributed by atoms with van der Waals surface area (Å²) in [7, 11) is -0.874. The molecule has 2 atom stereocenters. The Hall–Kier alpha value is -0.720. The maximum atomic E-state index is 11.9. The lowest BCUT2D eigenvalue weighted by molar-refractivity contribution is 0.0939. The summed E-state index contributed by atoms with van der Waals surface area (Å²) in [5, 5.41) is 9.92. The molecule has 2 unspecified atom stereocenters. The molecule has 0 fully saturated rings. The standard InChI is InChI=1S/C10H13Cl2N3O2S/c1-6(3-4-18(2)17)13-10(16)7-5-8(11)14-15-9(7)12/h5-6H,3-4H2,1-2H3,(H,13,16). The lowest BCUT2D eigenvalue weighted by atomic mass is 10.2. The molecule has 1 aromatic heterocycles. The van der Waals surface area contributed by atoms with E-state index in [0.717, 1.165) is 0 Å². The van der Waals surface area contributed by atoms with Crippen LogP contribution in [0.3, 0.4) is 0 Å². The van der Waals surface area contributed by atoms with Gasteiger partial charge in [-0.1, -0.05) is 23.2 Å². The van der Waals surface area contributed by atoms with Crippen molar-refractivity contribution >= 4 is 39.9 Å². The van der Waals surface area contributed by atoms with Crippen LogP contribution in [-0.4, -0.2) is 38.4 Å². The topological polar surface area (TPSA) is 72.0 Å². The van der Waals surface area contributed by atoms with Gasteiger partial charge < -0.3 is 5.32 Å². The Morgan fingerprint density at radius 1 is 1.50 bits per heavy atom. The molecule has 100 valence electrons. The maximum absolute atomic E-state index is 11.9. The number of hydrogen-bond donors (Lipinski definition) is 1. The molecule has 0 bridgehead atoms. The van der Waals surface area contributed by atoms with Crippen LogP contribution in [0.2, 0.25) is 10.3 Å². The second-order valence-electron chi connectivity index (χ2n) is 3.81. The molecule has 0 aromatic carbocycles. The predicted molar refractivity (Wildman–Crippen MR) is 72.5 cm³/mol. The fourth-order valence-electron chi connectivity index (χ4n) is 1.23. The van der Waals surface area contributed by atoms with Gasteiger partial charge in [0.15, 0.2) is 10.3 Å². The van der Waals surface area contributed by atoms with Gasteiger partial charge in [-0.2, -0.15) is 0 Å². The number of hydrogen-bond acceptors (Lipinski definition) is 4. The van der Waals surface area contributed by atoms with Crippen LogP contribution in [0, 0.1) is 0 Å². The van der Waals surface area contributed by atoms with Gasteiger partial charge in [-0.15, -0.1) is 10.2 Å². The van der Waals surface area contributed by atoms with Crippen LogP contribution in [0.1, 0.15) is 23.7 Å². The van der Waals surface area contributed by atoms with E-state index < -0.39 is 10.8 Å². The molecule has 0 aliphatic rings. The predicted octanol–water partition coefficient (Wildman–Crippen LogP) is 1.67. The van der Waals surface area contributed by atoms with Crippen molar-refractivity contribution < 1.29 is 9.00 Å². The lowest BCUT2D eigenvalue weighted by Crippen LogP contribution is -2.33. The van der Waals surface area contributed by atoms with Crippen molar-refractivity contribution in [2.45, 2.75) is 19.4 Å². The molecule has 1 aromatic rings. The Kier molecular flexibility index (Phi) is 5.98. The van der Waals surface area contributed by atoms with E-state index >= 15 is 0 Å². The van der Waals surface area contributed by atoms with E-state index in [2.05, 4.69) is 15.5 Å². The smallest absolute Gasteiger partial charge is 0.254 e. The van der Waals surface area contributed by atoms with Crippen molar-refractivity contribution in [1.29, 1.82) is 0 Å². The van der Waals surface area contributed by atoms with E-state index in [-0.39, 0.29) is 27.8 Å². The molecule has 1 heterocycles. The molecule has 1 N–H and O–H groups in total. The highest BCUT2D eigenvalue weighted by atomic mass is 35.5. The van der Waals surface area contributed by atoms with E-state index in [4.69, 9.17) is 23.2 Å². The van der Waals surface area contributed by atoms with Gasteiger partial charge in [-0.25, -0.2) is 0 Å². The molecule has 0 saturated heterocycles. The van der Waals surface area contributed by atoms with Gasteiger partial charge >= 0.3 is 0 Å². The quantitative estimate of drug-likeness (QED) is 0.898. The number of aromatic nitrogens is 2. The van der Waals surface area contributed by atoms with Crippen molar-refractivity contribution in [3.05, 3.63) is 21.9 Å². The van der Waals surface area contributed by atoms with Crippen LogP contribution in [0.25, 0.3) is 0 Å². The van der Waals surface area contributed by atoms with Crippen LogP contribution in [-0.2, 0) is 10.8 Å². The lowest BCUT2D eigenvalue weighted by Gasteiger charge is -2.13. The zero-order valence-corrected chi connectivity index (χ0v) is 12.3. The van der Waals surface area contributed by atoms with Gasteiger partial charge in [0.1, 0.15) is 0 Å². The minimum Gasteiger partial charge on any atom is -0.349 e. The van der Waals surface area contributed by atoms with E-state index in [1.54, 1.807) is 6.26 Å². The van der Waals surface area contributed by atoms with E-state index in [9.17, 15) is 9.00 Å². The van der Waals surface area contributed by atoms with Crippen LogP contribution < -0.4 is 5.32 Å². The zero-order valence-electron chi connectivity index (χ0n) is 9.94. The summed E-state index contributed by atoms with van der Waals surface area (Å²) in [6.07, 6.45) is 2.25. The molecule has 0 radical (unpaired) electrons. The van der Waals surface area contributed by atoms with Crippen LogP contribution in [0.5, 0.6) is 0 Å². The molecule has 1 amide bonds. The molecule has 18 heavy (non-hydrogen) atoms. The molecule has 0 aliphatic heterocycles. The molecule has 0 spiro atoms. The molecule has 0 aliphatic carbocycles. The second-order valence-corrected chi connectivity index (χ2v) is 6.11. The van der Waals surface area contributed by atoms with Crippen molar-refractivity contribution in [2.75, 3.05) is 12.0 Å². The molecule has 8 heteroatoms. The summed E-state index contributed by atoms with van der Waals surface area (Å²) < 4.78 is 10.9. The largest absolute Gasteiger partial charge is 0.349 e. The highest BCUT2D eigenvalue weighted by Gasteiger charge is 2.15. The van der Waals surface area contributed by atoms with Crippen molar-refractivity contribution in [3.63, 3.8) is 0 Å². The Morgan fingerprint density at radius 2 is 2.17 bits per heavy atom. The number of carbonyl (C=O) groups excluding carboxylic acids is 1. The SMILES string of the molecule is CC(CCS(C)=O)NC(=O)c1cc(Cl)nnc1Cl. The average Bonchev–Trinajstić information content (AvgIpc) is 2.29. The molecule has 5 nitrogen and oxygen atoms in total. The summed E-state index contributed by atoms with van der Waals surface area (Å²) in [6, 6.07) is 1.25. The van der Waals surface area contributed by atoms with Gasteiger partial charge in [-0.3, -0.25) is 9.00 Å². The Bertz CT molecular complexity index is 470. The minimum absolute atomic E-state index is 0.00293. The fraction of sp³-hybridized carbons (Fsp3) is 0.500. The highest BCUT2D eigenvalue weighted by molar-refractivity contribution is 7.84. The Labute approximate surface area is 118 Å². The van der Waals surface area contributed by atoms with Gasteiger partial charge in [0, 0.05) is 28.9 Å². The van der Waals surface area contributed by atoms with Gasteiger partial charge in [0.25, 0.3) is 5.91 Å². The van der Waals surface area contributed by atoms with E-state index in [1.807, 2.05) is 6.92 Å². The Balaban J connectivity index is 2.64. The number of halogens is 2. The second kappa shape index (κ2) is 7.01. The monoisotopic (exact) mass is 309 g/mol. The molecule has 1 rings (SSSR count). The van der Waals surface area contributed by atoms with Crippen molar-refractivity contribution in [1.82, 2.24) is 15.5 Å². The minimum atomic E-state index is -0.874. The average molecular weight is 310 g/mol. The van der Waals surface area contributed by atoms with E-state index in [0.29, 0.717) is 12.2 Å². The summed E-state index contributed by atoms with van der Waals surface area (Å²) in [5.41, 5.74) is 0.182. The first kappa shape index (κ1) is 15.3. The van der Waals surface area contributed by atoms with Gasteiger partial charge in [-0.05, 0) is 19.4 Å². The number of nitrogens with one attached hydrogen (secondary N) is 1. The van der Waals surface area contributed by atoms with Crippen molar-refractivity contribution in [3.8, 4) is 0 Å². The zero-order chi connectivity index (χ0) is 13.7. The maximum Gasteiger partial charge on any atom is 0.254 e. The van der Waals surface area contributed by atoms with Crippen LogP contribution in [0.15, 0.2) is 6.07 Å². The number of rotatable bonds is 5. The molecular weight excluding hydrogens is 297 g/mol. The number of carbonyl (C=O) groups is 1. The third kappa shape index (κ3) is 4.88. The Morgan fingerprint density at radius 3 is 2.78 bits per heavy atom. The summed E-state index contributed by atoms with van der Waals surface area (Å²) in [5.74, 6) is 0.163. The highest BCUT2D eigenvalue weighted by Crippen LogP contribution is 2.15. The van der Waals surface area contributed by atoms with Gasteiger partial charge in [0.2, 0.25) is 0 Å². The molecular formula is C10H13Cl2N3O2S. The van der Waals surface area contributed by atoms with Crippen LogP contribution in [0.4, 0.5) is 0 Å². The van der Waals surface area contributed by atoms with Crippen molar-refractivity contribution in [2.24, 2.45) is 0 Å². The third-order valence-corrected chi connectivity index (χ3v) is 3.45. The first-order valence-corrected chi connectivity index (χ1v) is 7.68. The molecule has 0 saturated carbocycles. The number of amides is 1. The number of nitrogens with zero attached hydrogens (tertiary/aromatic N) is 2. The van der Waals surface area contributed by atoms with Crippen LogP contribution >= 0.6 is 23.2 Å². The van der Waals surface area contributed by atoms with Gasteiger partial charge in [0.05, 0.1) is 5.56 Å². The third-order valence-electron chi connectivity index (χ3n) is 2.18. The first-order valence-electron chi connectivity index (χ1n) is 5.19. The summed E-state index contributed by atoms with van der Waals surface area (Å²) in [4.78, 5) is 11.9.